The van der Waals surface area contributed by atoms with Gasteiger partial charge in [-0.25, -0.2) is 4.79 Å². The van der Waals surface area contributed by atoms with E-state index in [1.807, 2.05) is 6.92 Å². The first-order valence-corrected chi connectivity index (χ1v) is 8.21. The molecule has 22 heavy (non-hydrogen) atoms. The summed E-state index contributed by atoms with van der Waals surface area (Å²) in [6.45, 7) is 8.31. The second kappa shape index (κ2) is 7.29. The Labute approximate surface area is 133 Å². The van der Waals surface area contributed by atoms with Gasteiger partial charge in [-0.3, -0.25) is 0 Å². The molecule has 4 nitrogen and oxygen atoms in total. The lowest BCUT2D eigenvalue weighted by atomic mass is 9.93. The van der Waals surface area contributed by atoms with Crippen molar-refractivity contribution < 1.29 is 27.4 Å². The fourth-order valence-corrected chi connectivity index (χ4v) is 2.48. The summed E-state index contributed by atoms with van der Waals surface area (Å²) in [4.78, 5) is 13.5. The first-order chi connectivity index (χ1) is 9.90. The summed E-state index contributed by atoms with van der Waals surface area (Å²) in [5, 5.41) is 0. The second-order valence-electron chi connectivity index (χ2n) is 6.56. The monoisotopic (exact) mass is 343 g/mol. The summed E-state index contributed by atoms with van der Waals surface area (Å²) >= 11 is -0.0769. The molecule has 1 rings (SSSR count). The molecule has 0 atom stereocenters. The lowest BCUT2D eigenvalue weighted by molar-refractivity contribution is -0.0681. The minimum absolute atomic E-state index is 0.0487. The van der Waals surface area contributed by atoms with E-state index in [-0.39, 0.29) is 30.2 Å². The molecule has 1 aliphatic heterocycles. The molecule has 1 aliphatic rings. The summed E-state index contributed by atoms with van der Waals surface area (Å²) in [5.41, 5.74) is -5.24. The molecule has 0 spiro atoms. The number of hydrogen-bond acceptors (Lipinski definition) is 4. The Bertz CT molecular complexity index is 375. The molecule has 0 unspecified atom stereocenters. The first kappa shape index (κ1) is 19.4. The van der Waals surface area contributed by atoms with Gasteiger partial charge in [0.05, 0.1) is 12.2 Å². The number of ether oxygens (including phenoxy) is 2. The van der Waals surface area contributed by atoms with Crippen LogP contribution in [0, 0.1) is 0 Å². The molecule has 0 N–H and O–H groups in total. The molecule has 1 fully saturated rings. The van der Waals surface area contributed by atoms with Gasteiger partial charge in [-0.15, -0.1) is 0 Å². The van der Waals surface area contributed by atoms with E-state index in [4.69, 9.17) is 9.47 Å². The van der Waals surface area contributed by atoms with Crippen molar-refractivity contribution in [1.29, 1.82) is 0 Å². The van der Waals surface area contributed by atoms with Gasteiger partial charge in [0, 0.05) is 18.8 Å². The predicted molar refractivity (Wildman–Crippen MR) is 79.9 cm³/mol. The van der Waals surface area contributed by atoms with E-state index >= 15 is 0 Å². The molecule has 0 aromatic heterocycles. The maximum absolute atomic E-state index is 12.0. The first-order valence-electron chi connectivity index (χ1n) is 7.23. The Morgan fingerprint density at radius 3 is 2.23 bits per heavy atom. The van der Waals surface area contributed by atoms with Crippen molar-refractivity contribution in [2.45, 2.75) is 57.2 Å². The van der Waals surface area contributed by atoms with Crippen molar-refractivity contribution in [1.82, 2.24) is 4.90 Å². The maximum atomic E-state index is 12.0. The van der Waals surface area contributed by atoms with Crippen LogP contribution < -0.4 is 0 Å². The number of nitrogens with zero attached hydrogens (tertiary/aromatic N) is 1. The number of likely N-dealkylation sites (tertiary alicyclic amines) is 1. The fourth-order valence-electron chi connectivity index (χ4n) is 2.08. The normalized spacial score (nSPS) is 19.1. The summed E-state index contributed by atoms with van der Waals surface area (Å²) in [7, 11) is 0. The zero-order valence-corrected chi connectivity index (χ0v) is 14.3. The number of amides is 1. The highest BCUT2D eigenvalue weighted by Gasteiger charge is 2.35. The number of piperidine rings is 1. The highest BCUT2D eigenvalue weighted by Crippen LogP contribution is 2.31. The maximum Gasteiger partial charge on any atom is 0.441 e. The van der Waals surface area contributed by atoms with Crippen LogP contribution >= 0.6 is 11.8 Å². The Morgan fingerprint density at radius 1 is 1.23 bits per heavy atom. The van der Waals surface area contributed by atoms with E-state index in [1.54, 1.807) is 25.7 Å². The van der Waals surface area contributed by atoms with E-state index in [0.717, 1.165) is 0 Å². The third kappa shape index (κ3) is 7.58. The van der Waals surface area contributed by atoms with Crippen LogP contribution in [0.5, 0.6) is 0 Å². The number of thioether (sulfide) groups is 1. The molecule has 1 amide bonds. The van der Waals surface area contributed by atoms with Gasteiger partial charge in [0.2, 0.25) is 0 Å². The van der Waals surface area contributed by atoms with Crippen LogP contribution in [0.1, 0.15) is 40.5 Å². The molecule has 0 aromatic rings. The van der Waals surface area contributed by atoms with Gasteiger partial charge in [-0.05, 0) is 52.3 Å². The number of halogens is 3. The second-order valence-corrected chi connectivity index (χ2v) is 7.72. The minimum atomic E-state index is -4.22. The van der Waals surface area contributed by atoms with Gasteiger partial charge in [-0.1, -0.05) is 0 Å². The summed E-state index contributed by atoms with van der Waals surface area (Å²) in [6.07, 6.45) is 0.813. The summed E-state index contributed by atoms with van der Waals surface area (Å²) in [5.74, 6) is -0.116. The quantitative estimate of drug-likeness (QED) is 0.722. The van der Waals surface area contributed by atoms with E-state index in [0.29, 0.717) is 25.9 Å². The number of hydrogen-bond donors (Lipinski definition) is 0. The van der Waals surface area contributed by atoms with Crippen LogP contribution in [0.2, 0.25) is 0 Å². The van der Waals surface area contributed by atoms with Crippen molar-refractivity contribution >= 4 is 17.9 Å². The van der Waals surface area contributed by atoms with Gasteiger partial charge < -0.3 is 14.4 Å². The van der Waals surface area contributed by atoms with Crippen LogP contribution in [0.15, 0.2) is 0 Å². The Balaban J connectivity index is 2.32. The molecule has 0 saturated carbocycles. The number of carbonyl (C=O) groups excluding carboxylic acids is 1. The molecule has 130 valence electrons. The SMILES string of the molecule is CC(C)(C)OC(=O)N1CCC(C)(OCCSC(F)(F)F)CC1. The lowest BCUT2D eigenvalue weighted by Gasteiger charge is -2.39. The van der Waals surface area contributed by atoms with Gasteiger partial charge >= 0.3 is 11.6 Å². The molecular formula is C14H24F3NO3S. The Kier molecular flexibility index (Phi) is 6.44. The van der Waals surface area contributed by atoms with E-state index in [2.05, 4.69) is 0 Å². The van der Waals surface area contributed by atoms with Crippen LogP contribution in [0.3, 0.4) is 0 Å². The van der Waals surface area contributed by atoms with Gasteiger partial charge in [0.1, 0.15) is 5.60 Å². The van der Waals surface area contributed by atoms with Crippen LogP contribution in [0.25, 0.3) is 0 Å². The number of carbonyl (C=O) groups is 1. The van der Waals surface area contributed by atoms with Gasteiger partial charge in [0.15, 0.2) is 0 Å². The molecule has 1 heterocycles. The Morgan fingerprint density at radius 2 is 1.77 bits per heavy atom. The minimum Gasteiger partial charge on any atom is -0.444 e. The molecular weight excluding hydrogens is 319 g/mol. The van der Waals surface area contributed by atoms with E-state index < -0.39 is 16.7 Å². The average molecular weight is 343 g/mol. The zero-order chi connectivity index (χ0) is 17.0. The van der Waals surface area contributed by atoms with Gasteiger partial charge in [-0.2, -0.15) is 13.2 Å². The van der Waals surface area contributed by atoms with Crippen molar-refractivity contribution in [3.05, 3.63) is 0 Å². The van der Waals surface area contributed by atoms with Crippen LogP contribution in [-0.4, -0.2) is 53.2 Å². The highest BCUT2D eigenvalue weighted by molar-refractivity contribution is 8.00. The average Bonchev–Trinajstić information content (AvgIpc) is 2.32. The molecule has 0 aromatic carbocycles. The smallest absolute Gasteiger partial charge is 0.441 e. The molecule has 0 bridgehead atoms. The third-order valence-electron chi connectivity index (χ3n) is 3.27. The Hall–Kier alpha value is -0.630. The van der Waals surface area contributed by atoms with Crippen molar-refractivity contribution in [3.8, 4) is 0 Å². The largest absolute Gasteiger partial charge is 0.444 e. The predicted octanol–water partition coefficient (Wildman–Crippen LogP) is 4.05. The number of alkyl halides is 3. The van der Waals surface area contributed by atoms with Crippen molar-refractivity contribution in [3.63, 3.8) is 0 Å². The fraction of sp³-hybridized carbons (Fsp3) is 0.929. The molecule has 0 aliphatic carbocycles. The summed E-state index contributed by atoms with van der Waals surface area (Å²) in [6, 6.07) is 0. The van der Waals surface area contributed by atoms with Crippen LogP contribution in [0.4, 0.5) is 18.0 Å². The van der Waals surface area contributed by atoms with Crippen LogP contribution in [-0.2, 0) is 9.47 Å². The molecule has 1 saturated heterocycles. The van der Waals surface area contributed by atoms with Crippen molar-refractivity contribution in [2.24, 2.45) is 0 Å². The van der Waals surface area contributed by atoms with E-state index in [1.165, 1.54) is 0 Å². The zero-order valence-electron chi connectivity index (χ0n) is 13.5. The third-order valence-corrected chi connectivity index (χ3v) is 3.97. The topological polar surface area (TPSA) is 38.8 Å². The standard InChI is InChI=1S/C14H24F3NO3S/c1-12(2,3)21-11(19)18-7-5-13(4,6-8-18)20-9-10-22-14(15,16)17/h5-10H2,1-4H3. The summed E-state index contributed by atoms with van der Waals surface area (Å²) < 4.78 is 47.0. The lowest BCUT2D eigenvalue weighted by Crippen LogP contribution is -2.48. The molecule has 8 heteroatoms. The van der Waals surface area contributed by atoms with E-state index in [9.17, 15) is 18.0 Å². The number of rotatable bonds is 4. The van der Waals surface area contributed by atoms with Gasteiger partial charge in [0.25, 0.3) is 0 Å². The highest BCUT2D eigenvalue weighted by atomic mass is 32.2. The molecule has 0 radical (unpaired) electrons. The van der Waals surface area contributed by atoms with Crippen molar-refractivity contribution in [2.75, 3.05) is 25.4 Å².